The molecular formula is C19H16ClF3N4O. The van der Waals surface area contributed by atoms with Gasteiger partial charge in [-0.2, -0.15) is 18.3 Å². The number of piperidine rings is 1. The minimum atomic E-state index is -4.38. The van der Waals surface area contributed by atoms with Gasteiger partial charge in [0.15, 0.2) is 5.65 Å². The zero-order valence-electron chi connectivity index (χ0n) is 14.7. The van der Waals surface area contributed by atoms with Crippen LogP contribution in [-0.4, -0.2) is 38.5 Å². The molecule has 28 heavy (non-hydrogen) atoms. The van der Waals surface area contributed by atoms with Crippen LogP contribution >= 0.6 is 11.6 Å². The van der Waals surface area contributed by atoms with E-state index in [0.29, 0.717) is 37.1 Å². The third kappa shape index (κ3) is 3.56. The van der Waals surface area contributed by atoms with E-state index in [1.807, 2.05) is 0 Å². The number of aromatic nitrogens is 3. The third-order valence-electron chi connectivity index (χ3n) is 4.99. The molecule has 2 aromatic heterocycles. The fourth-order valence-electron chi connectivity index (χ4n) is 3.63. The summed E-state index contributed by atoms with van der Waals surface area (Å²) in [5.74, 6) is -0.493. The summed E-state index contributed by atoms with van der Waals surface area (Å²) in [6.07, 6.45) is -1.94. The summed E-state index contributed by atoms with van der Waals surface area (Å²) in [4.78, 5) is 18.6. The molecule has 0 atom stereocenters. The van der Waals surface area contributed by atoms with E-state index in [1.165, 1.54) is 22.8 Å². The normalized spacial score (nSPS) is 15.9. The lowest BCUT2D eigenvalue weighted by Gasteiger charge is -2.32. The van der Waals surface area contributed by atoms with Crippen molar-refractivity contribution in [2.75, 3.05) is 13.1 Å². The third-order valence-corrected chi connectivity index (χ3v) is 5.20. The summed E-state index contributed by atoms with van der Waals surface area (Å²) >= 11 is 5.84. The van der Waals surface area contributed by atoms with Crippen molar-refractivity contribution in [1.29, 1.82) is 0 Å². The van der Waals surface area contributed by atoms with Gasteiger partial charge in [-0.1, -0.05) is 29.8 Å². The second-order valence-electron chi connectivity index (χ2n) is 6.74. The molecule has 1 saturated heterocycles. The van der Waals surface area contributed by atoms with Crippen molar-refractivity contribution in [3.63, 3.8) is 0 Å². The minimum absolute atomic E-state index is 0.233. The van der Waals surface area contributed by atoms with Gasteiger partial charge in [0.2, 0.25) is 0 Å². The van der Waals surface area contributed by atoms with Crippen LogP contribution in [0.4, 0.5) is 13.2 Å². The van der Waals surface area contributed by atoms with Crippen LogP contribution in [0, 0.1) is 0 Å². The molecule has 0 spiro atoms. The molecule has 0 unspecified atom stereocenters. The van der Waals surface area contributed by atoms with E-state index in [2.05, 4.69) is 10.1 Å². The van der Waals surface area contributed by atoms with Gasteiger partial charge in [0.25, 0.3) is 5.91 Å². The molecule has 4 rings (SSSR count). The number of imidazole rings is 1. The van der Waals surface area contributed by atoms with Gasteiger partial charge < -0.3 is 4.90 Å². The van der Waals surface area contributed by atoms with Crippen LogP contribution in [-0.2, 0) is 6.18 Å². The highest BCUT2D eigenvalue weighted by atomic mass is 35.5. The lowest BCUT2D eigenvalue weighted by molar-refractivity contribution is -0.138. The maximum atomic E-state index is 13.3. The number of hydrogen-bond acceptors (Lipinski definition) is 3. The molecule has 0 bridgehead atoms. The van der Waals surface area contributed by atoms with Gasteiger partial charge in [0.05, 0.1) is 11.8 Å². The highest BCUT2D eigenvalue weighted by Gasteiger charge is 2.36. The predicted molar refractivity (Wildman–Crippen MR) is 97.3 cm³/mol. The van der Waals surface area contributed by atoms with Gasteiger partial charge >= 0.3 is 6.18 Å². The Morgan fingerprint density at radius 1 is 1.11 bits per heavy atom. The Morgan fingerprint density at radius 3 is 2.54 bits per heavy atom. The van der Waals surface area contributed by atoms with Crippen molar-refractivity contribution < 1.29 is 18.0 Å². The van der Waals surface area contributed by atoms with Gasteiger partial charge in [0, 0.05) is 13.1 Å². The summed E-state index contributed by atoms with van der Waals surface area (Å²) in [6.45, 7) is 0.746. The first kappa shape index (κ1) is 18.7. The molecule has 0 radical (unpaired) electrons. The van der Waals surface area contributed by atoms with Crippen molar-refractivity contribution in [1.82, 2.24) is 19.5 Å². The molecule has 3 aromatic rings. The van der Waals surface area contributed by atoms with Gasteiger partial charge in [-0.25, -0.2) is 9.50 Å². The monoisotopic (exact) mass is 408 g/mol. The molecule has 0 N–H and O–H groups in total. The first-order valence-corrected chi connectivity index (χ1v) is 9.18. The largest absolute Gasteiger partial charge is 0.416 e. The molecule has 1 amide bonds. The van der Waals surface area contributed by atoms with E-state index in [-0.39, 0.29) is 22.7 Å². The average molecular weight is 409 g/mol. The predicted octanol–water partition coefficient (Wildman–Crippen LogP) is 4.42. The number of carbonyl (C=O) groups excluding carboxylic acids is 1. The van der Waals surface area contributed by atoms with Crippen molar-refractivity contribution in [2.24, 2.45) is 0 Å². The lowest BCUT2D eigenvalue weighted by Crippen LogP contribution is -2.38. The van der Waals surface area contributed by atoms with Crippen LogP contribution in [0.1, 0.15) is 40.4 Å². The van der Waals surface area contributed by atoms with Crippen molar-refractivity contribution >= 4 is 23.2 Å². The van der Waals surface area contributed by atoms with Crippen LogP contribution in [0.5, 0.6) is 0 Å². The van der Waals surface area contributed by atoms with Crippen LogP contribution in [0.2, 0.25) is 5.15 Å². The fraction of sp³-hybridized carbons (Fsp3) is 0.316. The smallest absolute Gasteiger partial charge is 0.337 e. The molecule has 3 heterocycles. The van der Waals surface area contributed by atoms with E-state index >= 15 is 0 Å². The Labute approximate surface area is 163 Å². The van der Waals surface area contributed by atoms with Crippen LogP contribution in [0.15, 0.2) is 42.6 Å². The molecule has 1 aliphatic rings. The highest BCUT2D eigenvalue weighted by Crippen LogP contribution is 2.38. The summed E-state index contributed by atoms with van der Waals surface area (Å²) in [6, 6.07) is 8.91. The zero-order chi connectivity index (χ0) is 19.9. The first-order chi connectivity index (χ1) is 13.3. The molecule has 146 valence electrons. The molecule has 0 saturated carbocycles. The number of carbonyl (C=O) groups is 1. The van der Waals surface area contributed by atoms with E-state index in [9.17, 15) is 18.0 Å². The maximum Gasteiger partial charge on any atom is 0.416 e. The SMILES string of the molecule is O=C(c1cn2nc(Cl)ccc2n1)N1CCC(c2ccccc2C(F)(F)F)CC1. The Kier molecular flexibility index (Phi) is 4.74. The topological polar surface area (TPSA) is 50.5 Å². The first-order valence-electron chi connectivity index (χ1n) is 8.80. The van der Waals surface area contributed by atoms with Gasteiger partial charge in [0.1, 0.15) is 10.8 Å². The number of hydrogen-bond donors (Lipinski definition) is 0. The number of amides is 1. The Balaban J connectivity index is 1.49. The standard InChI is InChI=1S/C19H16ClF3N4O/c20-16-5-6-17-24-15(11-27(17)25-16)18(28)26-9-7-12(8-10-26)13-3-1-2-4-14(13)19(21,22)23/h1-6,11-12H,7-10H2. The molecule has 1 fully saturated rings. The van der Waals surface area contributed by atoms with E-state index < -0.39 is 11.7 Å². The fourth-order valence-corrected chi connectivity index (χ4v) is 3.77. The number of fused-ring (bicyclic) bond motifs is 1. The summed E-state index contributed by atoms with van der Waals surface area (Å²) in [7, 11) is 0. The van der Waals surface area contributed by atoms with Crippen molar-refractivity contribution in [3.8, 4) is 0 Å². The van der Waals surface area contributed by atoms with Gasteiger partial charge in [-0.05, 0) is 42.5 Å². The lowest BCUT2D eigenvalue weighted by atomic mass is 9.86. The number of nitrogens with zero attached hydrogens (tertiary/aromatic N) is 4. The average Bonchev–Trinajstić information content (AvgIpc) is 3.10. The molecule has 5 nitrogen and oxygen atoms in total. The molecule has 1 aliphatic heterocycles. The molecule has 0 aliphatic carbocycles. The van der Waals surface area contributed by atoms with E-state index in [1.54, 1.807) is 23.1 Å². The number of alkyl halides is 3. The second-order valence-corrected chi connectivity index (χ2v) is 7.12. The molecule has 1 aromatic carbocycles. The van der Waals surface area contributed by atoms with Crippen molar-refractivity contribution in [2.45, 2.75) is 24.9 Å². The number of rotatable bonds is 2. The van der Waals surface area contributed by atoms with Crippen LogP contribution in [0.25, 0.3) is 5.65 Å². The number of halogens is 4. The number of benzene rings is 1. The summed E-state index contributed by atoms with van der Waals surface area (Å²) < 4.78 is 41.2. The van der Waals surface area contributed by atoms with E-state index in [0.717, 1.165) is 6.07 Å². The Bertz CT molecular complexity index is 1030. The zero-order valence-corrected chi connectivity index (χ0v) is 15.4. The Morgan fingerprint density at radius 2 is 1.82 bits per heavy atom. The highest BCUT2D eigenvalue weighted by molar-refractivity contribution is 6.29. The molecular weight excluding hydrogens is 393 g/mol. The summed E-state index contributed by atoms with van der Waals surface area (Å²) in [5.41, 5.74) is 0.447. The summed E-state index contributed by atoms with van der Waals surface area (Å²) in [5, 5.41) is 4.34. The van der Waals surface area contributed by atoms with E-state index in [4.69, 9.17) is 11.6 Å². The Hall–Kier alpha value is -2.61. The maximum absolute atomic E-state index is 13.3. The van der Waals surface area contributed by atoms with Gasteiger partial charge in [-0.3, -0.25) is 4.79 Å². The minimum Gasteiger partial charge on any atom is -0.337 e. The second kappa shape index (κ2) is 7.09. The van der Waals surface area contributed by atoms with Crippen LogP contribution < -0.4 is 0 Å². The quantitative estimate of drug-likeness (QED) is 0.630. The molecule has 9 heteroatoms. The van der Waals surface area contributed by atoms with Gasteiger partial charge in [-0.15, -0.1) is 0 Å². The number of likely N-dealkylation sites (tertiary alicyclic amines) is 1. The van der Waals surface area contributed by atoms with Crippen molar-refractivity contribution in [3.05, 3.63) is 64.6 Å². The van der Waals surface area contributed by atoms with Crippen LogP contribution in [0.3, 0.4) is 0 Å².